The summed E-state index contributed by atoms with van der Waals surface area (Å²) >= 11 is 0. The van der Waals surface area contributed by atoms with Crippen LogP contribution in [0.3, 0.4) is 0 Å². The first kappa shape index (κ1) is 18.2. The summed E-state index contributed by atoms with van der Waals surface area (Å²) in [6.07, 6.45) is 12.6. The Hall–Kier alpha value is -3.14. The highest BCUT2D eigenvalue weighted by atomic mass is 16.6. The van der Waals surface area contributed by atoms with Crippen LogP contribution in [0.1, 0.15) is 24.5 Å². The first-order chi connectivity index (χ1) is 12.2. The number of nitro groups is 1. The van der Waals surface area contributed by atoms with E-state index in [0.29, 0.717) is 0 Å². The summed E-state index contributed by atoms with van der Waals surface area (Å²) in [5.74, 6) is 0.889. The second-order valence-electron chi connectivity index (χ2n) is 5.37. The van der Waals surface area contributed by atoms with Gasteiger partial charge in [0.25, 0.3) is 5.69 Å². The third kappa shape index (κ3) is 6.47. The van der Waals surface area contributed by atoms with Crippen LogP contribution in [0, 0.1) is 10.1 Å². The van der Waals surface area contributed by atoms with Gasteiger partial charge >= 0.3 is 0 Å². The molecular weight excluding hydrogens is 314 g/mol. The Balaban J connectivity index is 1.83. The Morgan fingerprint density at radius 2 is 1.40 bits per heavy atom. The van der Waals surface area contributed by atoms with Crippen LogP contribution in [0.15, 0.2) is 72.8 Å². The molecule has 0 bridgehead atoms. The molecule has 0 atom stereocenters. The number of allylic oxidation sites excluding steroid dienone is 4. The number of hydrogen-bond donors (Lipinski definition) is 0. The number of benzene rings is 2. The molecule has 4 nitrogen and oxygen atoms in total. The predicted octanol–water partition coefficient (Wildman–Crippen LogP) is 5.67. The van der Waals surface area contributed by atoms with Gasteiger partial charge in [0.05, 0.1) is 11.5 Å². The molecule has 0 N–H and O–H groups in total. The number of nitro benzene ring substituents is 1. The molecule has 25 heavy (non-hydrogen) atoms. The SMILES string of the molecule is CCCOc1ccc(/C=C/C=C\C=C\c2ccc([N+](=O)[O-])cc2)cc1. The summed E-state index contributed by atoms with van der Waals surface area (Å²) in [5, 5.41) is 10.6. The predicted molar refractivity (Wildman–Crippen MR) is 103 cm³/mol. The van der Waals surface area contributed by atoms with Gasteiger partial charge in [-0.25, -0.2) is 0 Å². The minimum absolute atomic E-state index is 0.0988. The molecule has 0 spiro atoms. The molecule has 0 aliphatic heterocycles. The lowest BCUT2D eigenvalue weighted by molar-refractivity contribution is -0.384. The van der Waals surface area contributed by atoms with Crippen molar-refractivity contribution in [2.24, 2.45) is 0 Å². The van der Waals surface area contributed by atoms with Crippen molar-refractivity contribution in [1.82, 2.24) is 0 Å². The van der Waals surface area contributed by atoms with E-state index < -0.39 is 4.92 Å². The maximum Gasteiger partial charge on any atom is 0.269 e. The van der Waals surface area contributed by atoms with E-state index in [-0.39, 0.29) is 5.69 Å². The van der Waals surface area contributed by atoms with E-state index >= 15 is 0 Å². The van der Waals surface area contributed by atoms with Crippen molar-refractivity contribution in [3.05, 3.63) is 94.1 Å². The van der Waals surface area contributed by atoms with Crippen molar-refractivity contribution in [3.8, 4) is 5.75 Å². The molecular formula is C21H21NO3. The van der Waals surface area contributed by atoms with E-state index in [1.165, 1.54) is 12.1 Å². The zero-order valence-corrected chi connectivity index (χ0v) is 14.2. The van der Waals surface area contributed by atoms with Gasteiger partial charge in [0, 0.05) is 12.1 Å². The molecule has 2 aromatic carbocycles. The lowest BCUT2D eigenvalue weighted by atomic mass is 10.2. The quantitative estimate of drug-likeness (QED) is 0.355. The second kappa shape index (κ2) is 9.88. The molecule has 0 unspecified atom stereocenters. The summed E-state index contributed by atoms with van der Waals surface area (Å²) in [6, 6.07) is 14.4. The highest BCUT2D eigenvalue weighted by Crippen LogP contribution is 2.14. The maximum atomic E-state index is 10.6. The molecule has 2 rings (SSSR count). The van der Waals surface area contributed by atoms with Gasteiger partial charge in [-0.3, -0.25) is 10.1 Å². The molecule has 0 heterocycles. The number of nitrogens with zero attached hydrogens (tertiary/aromatic N) is 1. The lowest BCUT2D eigenvalue weighted by Crippen LogP contribution is -1.94. The highest BCUT2D eigenvalue weighted by molar-refractivity contribution is 5.55. The second-order valence-corrected chi connectivity index (χ2v) is 5.37. The van der Waals surface area contributed by atoms with Gasteiger partial charge in [-0.2, -0.15) is 0 Å². The lowest BCUT2D eigenvalue weighted by Gasteiger charge is -2.03. The fraction of sp³-hybridized carbons (Fsp3) is 0.143. The number of non-ortho nitro benzene ring substituents is 1. The molecule has 0 saturated carbocycles. The van der Waals surface area contributed by atoms with Crippen molar-refractivity contribution in [2.75, 3.05) is 6.61 Å². The fourth-order valence-corrected chi connectivity index (χ4v) is 2.06. The van der Waals surface area contributed by atoms with Gasteiger partial charge in [-0.1, -0.05) is 55.5 Å². The van der Waals surface area contributed by atoms with Gasteiger partial charge in [0.15, 0.2) is 0 Å². The van der Waals surface area contributed by atoms with Gasteiger partial charge in [-0.15, -0.1) is 0 Å². The van der Waals surface area contributed by atoms with Crippen LogP contribution in [0.4, 0.5) is 5.69 Å². The fourth-order valence-electron chi connectivity index (χ4n) is 2.06. The van der Waals surface area contributed by atoms with Gasteiger partial charge in [0.2, 0.25) is 0 Å². The highest BCUT2D eigenvalue weighted by Gasteiger charge is 2.01. The Morgan fingerprint density at radius 1 is 0.880 bits per heavy atom. The first-order valence-electron chi connectivity index (χ1n) is 8.18. The van der Waals surface area contributed by atoms with Crippen LogP contribution >= 0.6 is 0 Å². The Kier molecular flexibility index (Phi) is 7.19. The van der Waals surface area contributed by atoms with Crippen LogP contribution in [0.5, 0.6) is 5.75 Å². The number of rotatable bonds is 8. The molecule has 4 heteroatoms. The summed E-state index contributed by atoms with van der Waals surface area (Å²) in [4.78, 5) is 10.2. The maximum absolute atomic E-state index is 10.6. The molecule has 0 aliphatic rings. The summed E-state index contributed by atoms with van der Waals surface area (Å²) in [5.41, 5.74) is 2.12. The van der Waals surface area contributed by atoms with Crippen LogP contribution in [0.2, 0.25) is 0 Å². The van der Waals surface area contributed by atoms with E-state index in [0.717, 1.165) is 29.9 Å². The third-order valence-electron chi connectivity index (χ3n) is 3.37. The molecule has 0 aliphatic carbocycles. The van der Waals surface area contributed by atoms with Crippen molar-refractivity contribution in [3.63, 3.8) is 0 Å². The zero-order chi connectivity index (χ0) is 17.9. The largest absolute Gasteiger partial charge is 0.494 e. The van der Waals surface area contributed by atoms with Crippen molar-refractivity contribution < 1.29 is 9.66 Å². The van der Waals surface area contributed by atoms with E-state index in [1.807, 2.05) is 60.7 Å². The van der Waals surface area contributed by atoms with Crippen molar-refractivity contribution in [1.29, 1.82) is 0 Å². The normalized spacial score (nSPS) is 11.6. The summed E-state index contributed by atoms with van der Waals surface area (Å²) in [6.45, 7) is 2.82. The molecule has 0 amide bonds. The van der Waals surface area contributed by atoms with E-state index in [2.05, 4.69) is 6.92 Å². The molecule has 0 radical (unpaired) electrons. The van der Waals surface area contributed by atoms with Crippen LogP contribution in [-0.2, 0) is 0 Å². The molecule has 0 aromatic heterocycles. The van der Waals surface area contributed by atoms with Gasteiger partial charge < -0.3 is 4.74 Å². The summed E-state index contributed by atoms with van der Waals surface area (Å²) < 4.78 is 5.55. The minimum Gasteiger partial charge on any atom is -0.494 e. The minimum atomic E-state index is -0.402. The smallest absolute Gasteiger partial charge is 0.269 e. The number of hydrogen-bond acceptors (Lipinski definition) is 3. The topological polar surface area (TPSA) is 52.4 Å². The molecule has 0 saturated heterocycles. The Bertz CT molecular complexity index is 757. The molecule has 128 valence electrons. The van der Waals surface area contributed by atoms with Crippen LogP contribution in [-0.4, -0.2) is 11.5 Å². The average Bonchev–Trinajstić information content (AvgIpc) is 2.64. The zero-order valence-electron chi connectivity index (χ0n) is 14.2. The first-order valence-corrected chi connectivity index (χ1v) is 8.18. The Morgan fingerprint density at radius 3 is 1.88 bits per heavy atom. The molecule has 2 aromatic rings. The monoisotopic (exact) mass is 335 g/mol. The van der Waals surface area contributed by atoms with Crippen LogP contribution < -0.4 is 4.74 Å². The van der Waals surface area contributed by atoms with Crippen molar-refractivity contribution in [2.45, 2.75) is 13.3 Å². The molecule has 0 fully saturated rings. The average molecular weight is 335 g/mol. The van der Waals surface area contributed by atoms with Gasteiger partial charge in [0.1, 0.15) is 5.75 Å². The standard InChI is InChI=1S/C21H21NO3/c1-2-17-25-21-15-11-19(12-16-21)8-6-4-3-5-7-18-9-13-20(14-10-18)22(23)24/h3-16H,2,17H2,1H3/b4-3-,7-5+,8-6+. The van der Waals surface area contributed by atoms with E-state index in [1.54, 1.807) is 12.1 Å². The number of ether oxygens (including phenoxy) is 1. The van der Waals surface area contributed by atoms with E-state index in [4.69, 9.17) is 4.74 Å². The van der Waals surface area contributed by atoms with Crippen molar-refractivity contribution >= 4 is 17.8 Å². The van der Waals surface area contributed by atoms with Gasteiger partial charge in [-0.05, 0) is 41.8 Å². The van der Waals surface area contributed by atoms with Crippen LogP contribution in [0.25, 0.3) is 12.2 Å². The van der Waals surface area contributed by atoms with E-state index in [9.17, 15) is 10.1 Å². The third-order valence-corrected chi connectivity index (χ3v) is 3.37. The Labute approximate surface area is 147 Å². The summed E-state index contributed by atoms with van der Waals surface area (Å²) in [7, 11) is 0.